The lowest BCUT2D eigenvalue weighted by molar-refractivity contribution is -0.143. The lowest BCUT2D eigenvalue weighted by Crippen LogP contribution is -2.49. The van der Waals surface area contributed by atoms with E-state index in [4.69, 9.17) is 10.5 Å². The molecule has 0 radical (unpaired) electrons. The van der Waals surface area contributed by atoms with E-state index in [0.29, 0.717) is 37.4 Å². The second-order valence-corrected chi connectivity index (χ2v) is 13.7. The fraction of sp³-hybridized carbons (Fsp3) is 0.889. The van der Waals surface area contributed by atoms with Crippen molar-refractivity contribution >= 4 is 35.5 Å². The van der Waals surface area contributed by atoms with Crippen molar-refractivity contribution < 1.29 is 23.9 Å². The number of ether oxygens (including phenoxy) is 1. The van der Waals surface area contributed by atoms with Crippen LogP contribution in [-0.2, 0) is 23.9 Å². The summed E-state index contributed by atoms with van der Waals surface area (Å²) in [7, 11) is 0. The predicted octanol–water partition coefficient (Wildman–Crippen LogP) is 8.14. The van der Waals surface area contributed by atoms with Gasteiger partial charge >= 0.3 is 5.97 Å². The second-order valence-electron chi connectivity index (χ2n) is 12.5. The van der Waals surface area contributed by atoms with Crippen molar-refractivity contribution in [3.05, 3.63) is 0 Å². The molecule has 264 valence electrons. The number of primary amides is 1. The molecule has 0 aliphatic rings. The minimum absolute atomic E-state index is 0.146. The number of amides is 3. The zero-order valence-electron chi connectivity index (χ0n) is 29.1. The largest absolute Gasteiger partial charge is 0.466 e. The molecule has 3 amide bonds. The highest BCUT2D eigenvalue weighted by atomic mass is 32.2. The first kappa shape index (κ1) is 43.2. The maximum absolute atomic E-state index is 12.6. The molecule has 8 nitrogen and oxygen atoms in total. The molecule has 0 spiro atoms. The van der Waals surface area contributed by atoms with E-state index in [1.165, 1.54) is 121 Å². The first-order chi connectivity index (χ1) is 21.9. The third kappa shape index (κ3) is 32.0. The monoisotopic (exact) mass is 655 g/mol. The van der Waals surface area contributed by atoms with Crippen molar-refractivity contribution in [3.8, 4) is 0 Å². The highest BCUT2D eigenvalue weighted by Crippen LogP contribution is 2.14. The van der Waals surface area contributed by atoms with Crippen molar-refractivity contribution in [2.75, 3.05) is 24.7 Å². The number of hydrogen-bond acceptors (Lipinski definition) is 6. The fourth-order valence-corrected chi connectivity index (χ4v) is 6.21. The van der Waals surface area contributed by atoms with Gasteiger partial charge in [0.15, 0.2) is 0 Å². The Hall–Kier alpha value is -1.77. The Kier molecular flexibility index (Phi) is 32.3. The smallest absolute Gasteiger partial charge is 0.305 e. The number of carbonyl (C=O) groups excluding carboxylic acids is 4. The molecule has 0 unspecified atom stereocenters. The maximum Gasteiger partial charge on any atom is 0.305 e. The SMILES string of the molecule is CCCCCCCCCCCCCCCC(=O)N[C@@H](CSCCCOC(=O)CCCCCCCCCCC)C(=O)NCC(N)=O. The van der Waals surface area contributed by atoms with Crippen LogP contribution in [0.4, 0.5) is 0 Å². The quantitative estimate of drug-likeness (QED) is 0.0474. The van der Waals surface area contributed by atoms with E-state index in [-0.39, 0.29) is 18.4 Å². The van der Waals surface area contributed by atoms with Crippen LogP contribution < -0.4 is 16.4 Å². The van der Waals surface area contributed by atoms with E-state index in [2.05, 4.69) is 24.5 Å². The van der Waals surface area contributed by atoms with Crippen LogP contribution in [0.3, 0.4) is 0 Å². The zero-order valence-corrected chi connectivity index (χ0v) is 29.9. The summed E-state index contributed by atoms with van der Waals surface area (Å²) in [5.74, 6) is -0.263. The summed E-state index contributed by atoms with van der Waals surface area (Å²) in [6.45, 7) is 4.58. The normalized spacial score (nSPS) is 11.7. The van der Waals surface area contributed by atoms with Crippen LogP contribution in [0, 0.1) is 0 Å². The van der Waals surface area contributed by atoms with Crippen LogP contribution in [0.25, 0.3) is 0 Å². The molecule has 1 atom stereocenters. The van der Waals surface area contributed by atoms with Crippen LogP contribution >= 0.6 is 11.8 Å². The minimum atomic E-state index is -0.738. The van der Waals surface area contributed by atoms with Gasteiger partial charge in [0.25, 0.3) is 0 Å². The Morgan fingerprint density at radius 3 is 1.53 bits per heavy atom. The van der Waals surface area contributed by atoms with Crippen LogP contribution in [0.2, 0.25) is 0 Å². The minimum Gasteiger partial charge on any atom is -0.466 e. The molecule has 0 fully saturated rings. The summed E-state index contributed by atoms with van der Waals surface area (Å²) in [5, 5.41) is 5.34. The zero-order chi connectivity index (χ0) is 33.2. The van der Waals surface area contributed by atoms with Crippen LogP contribution in [0.5, 0.6) is 0 Å². The summed E-state index contributed by atoms with van der Waals surface area (Å²) in [6.07, 6.45) is 28.6. The van der Waals surface area contributed by atoms with Gasteiger partial charge < -0.3 is 21.1 Å². The number of hydrogen-bond donors (Lipinski definition) is 3. The standard InChI is InChI=1S/C36H69N3O5S/c1-3-5-7-9-11-13-14-15-16-18-19-21-23-26-34(41)39-32(36(43)38-30-33(37)40)31-45-29-25-28-44-35(42)27-24-22-20-17-12-10-8-6-4-2/h32H,3-31H2,1-2H3,(H2,37,40)(H,38,43)(H,39,41)/t32-/m0/s1. The second kappa shape index (κ2) is 33.6. The summed E-state index contributed by atoms with van der Waals surface area (Å²) in [6, 6.07) is -0.738. The van der Waals surface area contributed by atoms with Crippen molar-refractivity contribution in [1.29, 1.82) is 0 Å². The third-order valence-electron chi connectivity index (χ3n) is 8.06. The molecular weight excluding hydrogens is 586 g/mol. The molecule has 0 aromatic rings. The molecule has 0 aliphatic heterocycles. The Morgan fingerprint density at radius 2 is 1.07 bits per heavy atom. The lowest BCUT2D eigenvalue weighted by Gasteiger charge is -2.18. The lowest BCUT2D eigenvalue weighted by atomic mass is 10.0. The first-order valence-corrected chi connectivity index (χ1v) is 19.6. The van der Waals surface area contributed by atoms with Gasteiger partial charge in [0, 0.05) is 18.6 Å². The van der Waals surface area contributed by atoms with Crippen LogP contribution in [0.1, 0.15) is 174 Å². The first-order valence-electron chi connectivity index (χ1n) is 18.5. The van der Waals surface area contributed by atoms with Gasteiger partial charge in [-0.15, -0.1) is 0 Å². The Morgan fingerprint density at radius 1 is 0.622 bits per heavy atom. The van der Waals surface area contributed by atoms with Crippen LogP contribution in [-0.4, -0.2) is 54.4 Å². The number of nitrogens with two attached hydrogens (primary N) is 1. The molecule has 0 rings (SSSR count). The van der Waals surface area contributed by atoms with E-state index in [0.717, 1.165) is 32.1 Å². The van der Waals surface area contributed by atoms with Crippen molar-refractivity contribution in [1.82, 2.24) is 10.6 Å². The molecule has 0 bridgehead atoms. The van der Waals surface area contributed by atoms with Crippen molar-refractivity contribution in [3.63, 3.8) is 0 Å². The van der Waals surface area contributed by atoms with Gasteiger partial charge in [-0.3, -0.25) is 19.2 Å². The van der Waals surface area contributed by atoms with E-state index >= 15 is 0 Å². The third-order valence-corrected chi connectivity index (χ3v) is 9.21. The summed E-state index contributed by atoms with van der Waals surface area (Å²) in [5.41, 5.74) is 5.17. The molecule has 45 heavy (non-hydrogen) atoms. The van der Waals surface area contributed by atoms with Gasteiger partial charge in [0.05, 0.1) is 13.2 Å². The molecular formula is C36H69N3O5S. The van der Waals surface area contributed by atoms with Gasteiger partial charge in [-0.2, -0.15) is 11.8 Å². The molecule has 0 aliphatic carbocycles. The number of carbonyl (C=O) groups is 4. The van der Waals surface area contributed by atoms with Gasteiger partial charge in [-0.25, -0.2) is 0 Å². The predicted molar refractivity (Wildman–Crippen MR) is 189 cm³/mol. The molecule has 0 saturated carbocycles. The average molecular weight is 656 g/mol. The van der Waals surface area contributed by atoms with Gasteiger partial charge in [-0.1, -0.05) is 142 Å². The summed E-state index contributed by atoms with van der Waals surface area (Å²) in [4.78, 5) is 48.3. The number of thioether (sulfide) groups is 1. The number of nitrogens with one attached hydrogen (secondary N) is 2. The summed E-state index contributed by atoms with van der Waals surface area (Å²) < 4.78 is 5.36. The maximum atomic E-state index is 12.6. The number of rotatable bonds is 34. The highest BCUT2D eigenvalue weighted by molar-refractivity contribution is 7.99. The number of unbranched alkanes of at least 4 members (excludes halogenated alkanes) is 20. The van der Waals surface area contributed by atoms with Gasteiger partial charge in [0.1, 0.15) is 6.04 Å². The van der Waals surface area contributed by atoms with Crippen molar-refractivity contribution in [2.24, 2.45) is 5.73 Å². The van der Waals surface area contributed by atoms with E-state index in [9.17, 15) is 19.2 Å². The Balaban J connectivity index is 4.02. The Bertz CT molecular complexity index is 737. The van der Waals surface area contributed by atoms with Gasteiger partial charge in [0.2, 0.25) is 17.7 Å². The molecule has 0 aromatic heterocycles. The van der Waals surface area contributed by atoms with Crippen LogP contribution in [0.15, 0.2) is 0 Å². The molecule has 0 heterocycles. The molecule has 0 saturated heterocycles. The van der Waals surface area contributed by atoms with Gasteiger partial charge in [-0.05, 0) is 25.0 Å². The topological polar surface area (TPSA) is 128 Å². The average Bonchev–Trinajstić information content (AvgIpc) is 3.02. The highest BCUT2D eigenvalue weighted by Gasteiger charge is 2.21. The Labute approximate surface area is 280 Å². The molecule has 0 aromatic carbocycles. The summed E-state index contributed by atoms with van der Waals surface area (Å²) >= 11 is 1.52. The molecule has 9 heteroatoms. The fourth-order valence-electron chi connectivity index (χ4n) is 5.25. The van der Waals surface area contributed by atoms with E-state index in [1.54, 1.807) is 0 Å². The van der Waals surface area contributed by atoms with E-state index < -0.39 is 17.9 Å². The molecule has 4 N–H and O–H groups in total. The number of esters is 1. The van der Waals surface area contributed by atoms with E-state index in [1.807, 2.05) is 0 Å². The van der Waals surface area contributed by atoms with Crippen molar-refractivity contribution in [2.45, 2.75) is 180 Å².